The van der Waals surface area contributed by atoms with E-state index in [0.717, 1.165) is 54.5 Å². The van der Waals surface area contributed by atoms with Crippen molar-refractivity contribution in [2.75, 3.05) is 38.2 Å². The largest absolute Gasteiger partial charge is 0.497 e. The van der Waals surface area contributed by atoms with E-state index in [1.165, 1.54) is 5.56 Å². The minimum absolute atomic E-state index is 0.0306. The Bertz CT molecular complexity index is 1200. The first-order chi connectivity index (χ1) is 16.9. The summed E-state index contributed by atoms with van der Waals surface area (Å²) in [6.07, 6.45) is 2.42. The maximum atomic E-state index is 13.1. The van der Waals surface area contributed by atoms with Crippen molar-refractivity contribution in [2.45, 2.75) is 33.1 Å². The van der Waals surface area contributed by atoms with Crippen molar-refractivity contribution in [1.29, 1.82) is 0 Å². The van der Waals surface area contributed by atoms with Crippen LogP contribution in [0.4, 0.5) is 5.82 Å². The van der Waals surface area contributed by atoms with Crippen LogP contribution < -0.4 is 9.64 Å². The molecule has 2 aromatic carbocycles. The zero-order chi connectivity index (χ0) is 24.9. The lowest BCUT2D eigenvalue weighted by molar-refractivity contribution is 0.0767. The summed E-state index contributed by atoms with van der Waals surface area (Å²) >= 11 is 12.2. The Kier molecular flexibility index (Phi) is 8.14. The molecule has 35 heavy (non-hydrogen) atoms. The van der Waals surface area contributed by atoms with E-state index in [2.05, 4.69) is 24.0 Å². The number of rotatable bonds is 6. The van der Waals surface area contributed by atoms with Crippen molar-refractivity contribution in [3.05, 3.63) is 80.7 Å². The fourth-order valence-electron chi connectivity index (χ4n) is 4.46. The molecule has 6 nitrogen and oxygen atoms in total. The van der Waals surface area contributed by atoms with Crippen molar-refractivity contribution in [2.24, 2.45) is 0 Å². The zero-order valence-electron chi connectivity index (χ0n) is 20.4. The summed E-state index contributed by atoms with van der Waals surface area (Å²) in [4.78, 5) is 27.0. The topological polar surface area (TPSA) is 58.6 Å². The molecule has 1 aliphatic heterocycles. The average molecular weight is 513 g/mol. The average Bonchev–Trinajstić information content (AvgIpc) is 3.12. The lowest BCUT2D eigenvalue weighted by Crippen LogP contribution is -2.35. The van der Waals surface area contributed by atoms with Crippen molar-refractivity contribution < 1.29 is 9.53 Å². The van der Waals surface area contributed by atoms with E-state index in [1.54, 1.807) is 25.3 Å². The SMILES string of the molecule is CCc1nc(C)nc(N2CCCN(C(=O)c3ccc(Cl)c(Cl)c3)CC2)c1Cc1ccc(OC)cc1. The van der Waals surface area contributed by atoms with E-state index in [9.17, 15) is 4.79 Å². The van der Waals surface area contributed by atoms with Gasteiger partial charge in [0.05, 0.1) is 17.2 Å². The molecule has 3 aromatic rings. The molecule has 1 fully saturated rings. The molecule has 1 aromatic heterocycles. The molecule has 2 heterocycles. The normalized spacial score (nSPS) is 14.1. The zero-order valence-corrected chi connectivity index (χ0v) is 21.9. The van der Waals surface area contributed by atoms with E-state index in [4.69, 9.17) is 37.9 Å². The van der Waals surface area contributed by atoms with E-state index in [-0.39, 0.29) is 5.91 Å². The standard InChI is InChI=1S/C27H30Cl2N4O2/c1-4-25-22(16-19-6-9-21(35-3)10-7-19)26(31-18(2)30-25)32-12-5-13-33(15-14-32)27(34)20-8-11-23(28)24(29)17-20/h6-11,17H,4-5,12-16H2,1-3H3. The van der Waals surface area contributed by atoms with Gasteiger partial charge in [-0.05, 0) is 55.7 Å². The van der Waals surface area contributed by atoms with Gasteiger partial charge in [0, 0.05) is 49.4 Å². The number of hydrogen-bond donors (Lipinski definition) is 0. The summed E-state index contributed by atoms with van der Waals surface area (Å²) in [7, 11) is 1.67. The van der Waals surface area contributed by atoms with Crippen LogP contribution >= 0.6 is 23.2 Å². The van der Waals surface area contributed by atoms with E-state index in [1.807, 2.05) is 24.0 Å². The van der Waals surface area contributed by atoms with Gasteiger partial charge in [0.25, 0.3) is 5.91 Å². The lowest BCUT2D eigenvalue weighted by atomic mass is 10.0. The van der Waals surface area contributed by atoms with Gasteiger partial charge in [-0.3, -0.25) is 4.79 Å². The molecule has 0 unspecified atom stereocenters. The minimum Gasteiger partial charge on any atom is -0.497 e. The van der Waals surface area contributed by atoms with Gasteiger partial charge in [-0.2, -0.15) is 0 Å². The van der Waals surface area contributed by atoms with Crippen LogP contribution in [-0.4, -0.2) is 54.1 Å². The number of methoxy groups -OCH3 is 1. The number of carbonyl (C=O) groups is 1. The molecular formula is C27H30Cl2N4O2. The molecule has 0 aliphatic carbocycles. The van der Waals surface area contributed by atoms with Gasteiger partial charge in [-0.25, -0.2) is 9.97 Å². The molecule has 1 saturated heterocycles. The van der Waals surface area contributed by atoms with E-state index >= 15 is 0 Å². The van der Waals surface area contributed by atoms with Crippen LogP contribution in [0, 0.1) is 6.92 Å². The minimum atomic E-state index is -0.0306. The number of ether oxygens (including phenoxy) is 1. The van der Waals surface area contributed by atoms with Gasteiger partial charge in [0.1, 0.15) is 17.4 Å². The maximum Gasteiger partial charge on any atom is 0.253 e. The summed E-state index contributed by atoms with van der Waals surface area (Å²) in [5.41, 5.74) is 3.95. The quantitative estimate of drug-likeness (QED) is 0.429. The highest BCUT2D eigenvalue weighted by Crippen LogP contribution is 2.28. The number of halogens is 2. The molecule has 1 aliphatic rings. The molecule has 184 valence electrons. The molecule has 0 atom stereocenters. The van der Waals surface area contributed by atoms with Crippen LogP contribution in [0.15, 0.2) is 42.5 Å². The highest BCUT2D eigenvalue weighted by Gasteiger charge is 2.24. The molecule has 0 saturated carbocycles. The van der Waals surface area contributed by atoms with Gasteiger partial charge in [0.2, 0.25) is 0 Å². The molecule has 1 amide bonds. The van der Waals surface area contributed by atoms with Gasteiger partial charge >= 0.3 is 0 Å². The number of carbonyl (C=O) groups excluding carboxylic acids is 1. The van der Waals surface area contributed by atoms with Gasteiger partial charge in [0.15, 0.2) is 0 Å². The Balaban J connectivity index is 1.57. The number of hydrogen-bond acceptors (Lipinski definition) is 5. The maximum absolute atomic E-state index is 13.1. The van der Waals surface area contributed by atoms with Crippen LogP contribution in [0.25, 0.3) is 0 Å². The summed E-state index contributed by atoms with van der Waals surface area (Å²) in [5.74, 6) is 2.54. The number of aromatic nitrogens is 2. The Morgan fingerprint density at radius 1 is 1.00 bits per heavy atom. The summed E-state index contributed by atoms with van der Waals surface area (Å²) in [6, 6.07) is 13.2. The van der Waals surface area contributed by atoms with Crippen LogP contribution in [0.3, 0.4) is 0 Å². The van der Waals surface area contributed by atoms with Crippen molar-refractivity contribution in [3.8, 4) is 5.75 Å². The molecule has 0 radical (unpaired) electrons. The molecule has 0 spiro atoms. The Morgan fingerprint density at radius 2 is 1.77 bits per heavy atom. The molecule has 0 N–H and O–H groups in total. The number of nitrogens with zero attached hydrogens (tertiary/aromatic N) is 4. The third kappa shape index (κ3) is 5.88. The Morgan fingerprint density at radius 3 is 2.46 bits per heavy atom. The third-order valence-electron chi connectivity index (χ3n) is 6.31. The molecule has 8 heteroatoms. The predicted octanol–water partition coefficient (Wildman–Crippen LogP) is 5.61. The molecule has 0 bridgehead atoms. The number of anilines is 1. The highest BCUT2D eigenvalue weighted by atomic mass is 35.5. The van der Waals surface area contributed by atoms with Gasteiger partial charge < -0.3 is 14.5 Å². The van der Waals surface area contributed by atoms with E-state index in [0.29, 0.717) is 35.2 Å². The van der Waals surface area contributed by atoms with Crippen LogP contribution in [0.2, 0.25) is 10.0 Å². The van der Waals surface area contributed by atoms with Gasteiger partial charge in [-0.15, -0.1) is 0 Å². The monoisotopic (exact) mass is 512 g/mol. The smallest absolute Gasteiger partial charge is 0.253 e. The van der Waals surface area contributed by atoms with Crippen molar-refractivity contribution in [3.63, 3.8) is 0 Å². The first kappa shape index (κ1) is 25.3. The van der Waals surface area contributed by atoms with Gasteiger partial charge in [-0.1, -0.05) is 42.3 Å². The first-order valence-corrected chi connectivity index (χ1v) is 12.6. The van der Waals surface area contributed by atoms with Crippen molar-refractivity contribution >= 4 is 34.9 Å². The summed E-state index contributed by atoms with van der Waals surface area (Å²) < 4.78 is 5.31. The fraction of sp³-hybridized carbons (Fsp3) is 0.370. The number of aryl methyl sites for hydroxylation is 2. The summed E-state index contributed by atoms with van der Waals surface area (Å²) in [5, 5.41) is 0.834. The summed E-state index contributed by atoms with van der Waals surface area (Å²) in [6.45, 7) is 6.86. The lowest BCUT2D eigenvalue weighted by Gasteiger charge is -2.26. The predicted molar refractivity (Wildman–Crippen MR) is 141 cm³/mol. The Labute approximate surface area is 216 Å². The van der Waals surface area contributed by atoms with Crippen LogP contribution in [0.5, 0.6) is 5.75 Å². The Hall–Kier alpha value is -2.83. The highest BCUT2D eigenvalue weighted by molar-refractivity contribution is 6.42. The fourth-order valence-corrected chi connectivity index (χ4v) is 4.76. The number of benzene rings is 2. The van der Waals surface area contributed by atoms with Crippen LogP contribution in [0.1, 0.15) is 46.3 Å². The van der Waals surface area contributed by atoms with Crippen LogP contribution in [-0.2, 0) is 12.8 Å². The second-order valence-electron chi connectivity index (χ2n) is 8.66. The molecule has 4 rings (SSSR count). The third-order valence-corrected chi connectivity index (χ3v) is 7.05. The first-order valence-electron chi connectivity index (χ1n) is 11.9. The second kappa shape index (κ2) is 11.3. The number of amides is 1. The molecular weight excluding hydrogens is 483 g/mol. The second-order valence-corrected chi connectivity index (χ2v) is 9.47. The van der Waals surface area contributed by atoms with E-state index < -0.39 is 0 Å². The van der Waals surface area contributed by atoms with Crippen molar-refractivity contribution in [1.82, 2.24) is 14.9 Å².